The summed E-state index contributed by atoms with van der Waals surface area (Å²) >= 11 is 12.0. The van der Waals surface area contributed by atoms with E-state index in [4.69, 9.17) is 32.7 Å². The van der Waals surface area contributed by atoms with E-state index in [0.29, 0.717) is 15.8 Å². The van der Waals surface area contributed by atoms with Gasteiger partial charge in [0.25, 0.3) is 5.91 Å². The van der Waals surface area contributed by atoms with Crippen LogP contribution < -0.4 is 19.8 Å². The molecule has 1 aliphatic rings. The molecule has 182 valence electrons. The van der Waals surface area contributed by atoms with Gasteiger partial charge in [0, 0.05) is 29.4 Å². The molecule has 3 aromatic carbocycles. The summed E-state index contributed by atoms with van der Waals surface area (Å²) < 4.78 is 11.2. The van der Waals surface area contributed by atoms with Gasteiger partial charge in [0.1, 0.15) is 11.5 Å². The maximum Gasteiger partial charge on any atom is 0.280 e. The van der Waals surface area contributed by atoms with Gasteiger partial charge in [-0.2, -0.15) is 5.10 Å². The highest BCUT2D eigenvalue weighted by molar-refractivity contribution is 6.35. The van der Waals surface area contributed by atoms with Crippen LogP contribution in [0.15, 0.2) is 65.8 Å². The van der Waals surface area contributed by atoms with E-state index in [9.17, 15) is 4.79 Å². The predicted octanol–water partition coefficient (Wildman–Crippen LogP) is 5.87. The largest absolute Gasteiger partial charge is 0.496 e. The molecule has 3 aromatic rings. The van der Waals surface area contributed by atoms with Crippen LogP contribution in [0.3, 0.4) is 0 Å². The summed E-state index contributed by atoms with van der Waals surface area (Å²) in [7, 11) is 1.67. The van der Waals surface area contributed by atoms with E-state index in [2.05, 4.69) is 39.7 Å². The molecule has 8 heteroatoms. The first-order chi connectivity index (χ1) is 16.9. The van der Waals surface area contributed by atoms with Gasteiger partial charge < -0.3 is 14.4 Å². The van der Waals surface area contributed by atoms with Crippen molar-refractivity contribution < 1.29 is 14.3 Å². The number of methoxy groups -OCH3 is 1. The number of amides is 1. The summed E-state index contributed by atoms with van der Waals surface area (Å²) in [5.41, 5.74) is 7.05. The fraction of sp³-hybridized carbons (Fsp3) is 0.259. The summed E-state index contributed by atoms with van der Waals surface area (Å²) in [6, 6.07) is 19.2. The molecule has 0 saturated heterocycles. The Hall–Kier alpha value is -3.22. The molecule has 4 rings (SSSR count). The quantitative estimate of drug-likeness (QED) is 0.303. The lowest BCUT2D eigenvalue weighted by molar-refractivity contribution is -0.127. The number of carbonyl (C=O) groups is 1. The number of nitrogens with one attached hydrogen (secondary N) is 1. The van der Waals surface area contributed by atoms with Crippen LogP contribution in [0.25, 0.3) is 0 Å². The minimum atomic E-state index is -0.795. The van der Waals surface area contributed by atoms with E-state index in [1.165, 1.54) is 11.3 Å². The standard InChI is InChI=1S/C27H27Cl2N3O3/c1-18(35-26-12-10-22(28)15-23(26)29)27(33)31-30-16-19-9-11-25(34-2)21(14-19)17-32-13-5-7-20-6-3-4-8-24(20)32/h3-4,6,8-12,14-16,18H,5,7,13,17H2,1-2H3,(H,31,33)/b30-16-/t18-/m0/s1. The molecule has 35 heavy (non-hydrogen) atoms. The Balaban J connectivity index is 1.41. The molecule has 1 atom stereocenters. The van der Waals surface area contributed by atoms with Crippen molar-refractivity contribution >= 4 is 41.0 Å². The number of rotatable bonds is 8. The van der Waals surface area contributed by atoms with Gasteiger partial charge in [-0.25, -0.2) is 5.43 Å². The second-order valence-electron chi connectivity index (χ2n) is 8.29. The molecule has 0 radical (unpaired) electrons. The van der Waals surface area contributed by atoms with Gasteiger partial charge in [-0.05, 0) is 73.4 Å². The number of fused-ring (bicyclic) bond motifs is 1. The van der Waals surface area contributed by atoms with Crippen LogP contribution >= 0.6 is 23.2 Å². The highest BCUT2D eigenvalue weighted by Gasteiger charge is 2.18. The minimum Gasteiger partial charge on any atom is -0.496 e. The number of halogens is 2. The van der Waals surface area contributed by atoms with Crippen molar-refractivity contribution in [1.29, 1.82) is 0 Å². The van der Waals surface area contributed by atoms with Gasteiger partial charge in [0.15, 0.2) is 6.10 Å². The van der Waals surface area contributed by atoms with Crippen molar-refractivity contribution in [3.63, 3.8) is 0 Å². The normalized spacial score (nSPS) is 13.9. The number of anilines is 1. The average molecular weight is 512 g/mol. The number of carbonyl (C=O) groups excluding carboxylic acids is 1. The Morgan fingerprint density at radius 2 is 1.94 bits per heavy atom. The van der Waals surface area contributed by atoms with Gasteiger partial charge >= 0.3 is 0 Å². The van der Waals surface area contributed by atoms with Crippen molar-refractivity contribution in [2.75, 3.05) is 18.6 Å². The number of hydrogen-bond acceptors (Lipinski definition) is 5. The summed E-state index contributed by atoms with van der Waals surface area (Å²) in [5, 5.41) is 4.94. The molecule has 1 N–H and O–H groups in total. The molecular formula is C27H27Cl2N3O3. The zero-order chi connectivity index (χ0) is 24.8. The third-order valence-corrected chi connectivity index (χ3v) is 6.36. The fourth-order valence-corrected chi connectivity index (χ4v) is 4.51. The van der Waals surface area contributed by atoms with Crippen molar-refractivity contribution in [2.24, 2.45) is 5.10 Å². The van der Waals surface area contributed by atoms with Gasteiger partial charge in [-0.15, -0.1) is 0 Å². The Morgan fingerprint density at radius 1 is 1.14 bits per heavy atom. The first kappa shape index (κ1) is 24.9. The van der Waals surface area contributed by atoms with Gasteiger partial charge in [0.05, 0.1) is 18.3 Å². The Bertz CT molecular complexity index is 1230. The second kappa shape index (κ2) is 11.5. The molecule has 0 aliphatic carbocycles. The Kier molecular flexibility index (Phi) is 8.16. The lowest BCUT2D eigenvalue weighted by Crippen LogP contribution is -2.33. The van der Waals surface area contributed by atoms with Crippen molar-refractivity contribution in [1.82, 2.24) is 5.43 Å². The number of hydrogen-bond donors (Lipinski definition) is 1. The van der Waals surface area contributed by atoms with E-state index in [-0.39, 0.29) is 0 Å². The van der Waals surface area contributed by atoms with Crippen LogP contribution in [0.1, 0.15) is 30.0 Å². The number of aryl methyl sites for hydroxylation is 1. The predicted molar refractivity (Wildman–Crippen MR) is 141 cm³/mol. The van der Waals surface area contributed by atoms with Crippen LogP contribution in [0.5, 0.6) is 11.5 Å². The second-order valence-corrected chi connectivity index (χ2v) is 9.14. The molecule has 0 unspecified atom stereocenters. The smallest absolute Gasteiger partial charge is 0.280 e. The first-order valence-electron chi connectivity index (χ1n) is 11.4. The molecule has 0 saturated carbocycles. The molecule has 1 amide bonds. The minimum absolute atomic E-state index is 0.336. The highest BCUT2D eigenvalue weighted by Crippen LogP contribution is 2.31. The lowest BCUT2D eigenvalue weighted by atomic mass is 10.0. The number of para-hydroxylation sites is 1. The number of ether oxygens (including phenoxy) is 2. The Morgan fingerprint density at radius 3 is 2.74 bits per heavy atom. The van der Waals surface area contributed by atoms with Crippen LogP contribution in [0.2, 0.25) is 10.0 Å². The summed E-state index contributed by atoms with van der Waals surface area (Å²) in [6.45, 7) is 3.34. The third-order valence-electron chi connectivity index (χ3n) is 5.83. The van der Waals surface area contributed by atoms with Crippen molar-refractivity contribution in [2.45, 2.75) is 32.4 Å². The zero-order valence-corrected chi connectivity index (χ0v) is 21.1. The fourth-order valence-electron chi connectivity index (χ4n) is 4.06. The number of benzene rings is 3. The summed E-state index contributed by atoms with van der Waals surface area (Å²) in [6.07, 6.45) is 3.03. The molecule has 0 aromatic heterocycles. The van der Waals surface area contributed by atoms with E-state index in [1.54, 1.807) is 38.4 Å². The Labute approximate surface area is 215 Å². The van der Waals surface area contributed by atoms with Crippen LogP contribution in [-0.2, 0) is 17.8 Å². The van der Waals surface area contributed by atoms with Crippen molar-refractivity contribution in [3.05, 3.63) is 87.4 Å². The van der Waals surface area contributed by atoms with Gasteiger partial charge in [0.2, 0.25) is 0 Å². The number of hydrazone groups is 1. The third kappa shape index (κ3) is 6.27. The average Bonchev–Trinajstić information content (AvgIpc) is 2.86. The van der Waals surface area contributed by atoms with Crippen LogP contribution in [0, 0.1) is 0 Å². The monoisotopic (exact) mass is 511 g/mol. The van der Waals surface area contributed by atoms with E-state index >= 15 is 0 Å². The van der Waals surface area contributed by atoms with Crippen molar-refractivity contribution in [3.8, 4) is 11.5 Å². The van der Waals surface area contributed by atoms with Crippen LogP contribution in [0.4, 0.5) is 5.69 Å². The SMILES string of the molecule is COc1ccc(/C=N\NC(=O)[C@H](C)Oc2ccc(Cl)cc2Cl)cc1CN1CCCc2ccccc21. The summed E-state index contributed by atoms with van der Waals surface area (Å²) in [5.74, 6) is 0.795. The van der Waals surface area contributed by atoms with E-state index in [0.717, 1.165) is 42.8 Å². The molecule has 1 aliphatic heterocycles. The van der Waals surface area contributed by atoms with E-state index in [1.807, 2.05) is 18.2 Å². The summed E-state index contributed by atoms with van der Waals surface area (Å²) in [4.78, 5) is 14.8. The molecule has 6 nitrogen and oxygen atoms in total. The molecular weight excluding hydrogens is 485 g/mol. The van der Waals surface area contributed by atoms with E-state index < -0.39 is 12.0 Å². The maximum absolute atomic E-state index is 12.4. The zero-order valence-electron chi connectivity index (χ0n) is 19.6. The molecule has 0 fully saturated rings. The molecule has 1 heterocycles. The first-order valence-corrected chi connectivity index (χ1v) is 12.1. The van der Waals surface area contributed by atoms with Crippen LogP contribution in [-0.4, -0.2) is 31.9 Å². The number of nitrogens with zero attached hydrogens (tertiary/aromatic N) is 2. The molecule has 0 bridgehead atoms. The topological polar surface area (TPSA) is 63.2 Å². The highest BCUT2D eigenvalue weighted by atomic mass is 35.5. The molecule has 0 spiro atoms. The maximum atomic E-state index is 12.4. The van der Waals surface area contributed by atoms with Gasteiger partial charge in [-0.3, -0.25) is 4.79 Å². The lowest BCUT2D eigenvalue weighted by Gasteiger charge is -2.31. The van der Waals surface area contributed by atoms with Gasteiger partial charge in [-0.1, -0.05) is 41.4 Å².